The summed E-state index contributed by atoms with van der Waals surface area (Å²) in [6, 6.07) is 13.5. The van der Waals surface area contributed by atoms with Crippen molar-refractivity contribution in [3.8, 4) is 17.4 Å². The lowest BCUT2D eigenvalue weighted by molar-refractivity contribution is 0.336. The molecule has 2 aromatic carbocycles. The minimum Gasteiger partial charge on any atom is -0.479 e. The van der Waals surface area contributed by atoms with Crippen molar-refractivity contribution in [1.82, 2.24) is 4.98 Å². The molecule has 3 aromatic rings. The predicted molar refractivity (Wildman–Crippen MR) is 90.6 cm³/mol. The van der Waals surface area contributed by atoms with Gasteiger partial charge in [0.2, 0.25) is 5.89 Å². The van der Waals surface area contributed by atoms with Crippen molar-refractivity contribution in [1.29, 1.82) is 0 Å². The Balaban J connectivity index is 1.76. The molecule has 1 N–H and O–H groups in total. The van der Waals surface area contributed by atoms with Crippen LogP contribution in [0.4, 0.5) is 10.1 Å². The number of aromatic nitrogens is 1. The summed E-state index contributed by atoms with van der Waals surface area (Å²) in [7, 11) is 0. The van der Waals surface area contributed by atoms with Gasteiger partial charge in [0.1, 0.15) is 11.5 Å². The highest BCUT2D eigenvalue weighted by atomic mass is 19.1. The molecule has 118 valence electrons. The number of halogens is 1. The normalized spacial score (nSPS) is 14.8. The molecular formula is C19H13FN2O2. The summed E-state index contributed by atoms with van der Waals surface area (Å²) >= 11 is 0. The number of oxazole rings is 1. The van der Waals surface area contributed by atoms with Crippen LogP contribution in [-0.2, 0) is 0 Å². The lowest BCUT2D eigenvalue weighted by Gasteiger charge is -1.99. The molecule has 2 heterocycles. The number of hydrogen-bond donors (Lipinski definition) is 1. The van der Waals surface area contributed by atoms with E-state index >= 15 is 0 Å². The molecule has 1 aliphatic heterocycles. The van der Waals surface area contributed by atoms with Crippen molar-refractivity contribution in [2.24, 2.45) is 4.99 Å². The van der Waals surface area contributed by atoms with Gasteiger partial charge in [0.05, 0.1) is 5.69 Å². The van der Waals surface area contributed by atoms with Gasteiger partial charge in [0, 0.05) is 22.4 Å². The van der Waals surface area contributed by atoms with E-state index in [0.717, 1.165) is 22.5 Å². The van der Waals surface area contributed by atoms with Crippen LogP contribution in [-0.4, -0.2) is 15.8 Å². The van der Waals surface area contributed by atoms with Gasteiger partial charge in [-0.25, -0.2) is 9.37 Å². The highest BCUT2D eigenvalue weighted by molar-refractivity contribution is 6.31. The highest BCUT2D eigenvalue weighted by Crippen LogP contribution is 2.37. The summed E-state index contributed by atoms with van der Waals surface area (Å²) in [5.74, 6) is -0.384. The monoisotopic (exact) mass is 320 g/mol. The van der Waals surface area contributed by atoms with E-state index in [9.17, 15) is 9.50 Å². The van der Waals surface area contributed by atoms with Gasteiger partial charge in [-0.2, -0.15) is 0 Å². The number of benzene rings is 2. The predicted octanol–water partition coefficient (Wildman–Crippen LogP) is 4.83. The standard InChI is InChI=1S/C19H13FN2O2/c1-11-15(14-4-2-3-5-16(14)21-11)10-17-19(23)24-18(22-17)12-6-8-13(20)9-7-12/h2-10,23H,1H3/b15-10+. The molecule has 0 saturated heterocycles. The summed E-state index contributed by atoms with van der Waals surface area (Å²) in [6.07, 6.45) is 1.75. The van der Waals surface area contributed by atoms with Gasteiger partial charge in [-0.15, -0.1) is 0 Å². The molecule has 1 aromatic heterocycles. The largest absolute Gasteiger partial charge is 0.479 e. The van der Waals surface area contributed by atoms with Gasteiger partial charge < -0.3 is 9.52 Å². The smallest absolute Gasteiger partial charge is 0.310 e. The van der Waals surface area contributed by atoms with Crippen molar-refractivity contribution in [2.75, 3.05) is 0 Å². The molecule has 0 bridgehead atoms. The van der Waals surface area contributed by atoms with Crippen LogP contribution in [0.15, 0.2) is 57.9 Å². The van der Waals surface area contributed by atoms with Crippen molar-refractivity contribution in [3.63, 3.8) is 0 Å². The summed E-state index contributed by atoms with van der Waals surface area (Å²) in [4.78, 5) is 8.81. The molecule has 1 aliphatic rings. The van der Waals surface area contributed by atoms with E-state index in [2.05, 4.69) is 9.98 Å². The maximum atomic E-state index is 13.0. The molecular weight excluding hydrogens is 307 g/mol. The summed E-state index contributed by atoms with van der Waals surface area (Å²) in [5, 5.41) is 10.1. The zero-order valence-electron chi connectivity index (χ0n) is 12.8. The third kappa shape index (κ3) is 2.40. The summed E-state index contributed by atoms with van der Waals surface area (Å²) < 4.78 is 18.3. The quantitative estimate of drug-likeness (QED) is 0.735. The number of aromatic hydroxyl groups is 1. The van der Waals surface area contributed by atoms with E-state index in [0.29, 0.717) is 11.3 Å². The van der Waals surface area contributed by atoms with E-state index in [4.69, 9.17) is 4.42 Å². The first-order valence-electron chi connectivity index (χ1n) is 7.44. The SMILES string of the molecule is CC1=Nc2ccccc2/C1=C/c1nc(-c2ccc(F)cc2)oc1O. The van der Waals surface area contributed by atoms with Crippen LogP contribution in [0.5, 0.6) is 5.95 Å². The van der Waals surface area contributed by atoms with Crippen molar-refractivity contribution in [3.05, 3.63) is 65.6 Å². The van der Waals surface area contributed by atoms with Crippen LogP contribution in [0.1, 0.15) is 18.2 Å². The average Bonchev–Trinajstić information content (AvgIpc) is 3.09. The zero-order chi connectivity index (χ0) is 16.7. The van der Waals surface area contributed by atoms with E-state index in [1.54, 1.807) is 18.2 Å². The van der Waals surface area contributed by atoms with Gasteiger partial charge in [0.15, 0.2) is 0 Å². The molecule has 4 nitrogen and oxygen atoms in total. The number of nitrogens with zero attached hydrogens (tertiary/aromatic N) is 2. The molecule has 4 rings (SSSR count). The second-order valence-corrected chi connectivity index (χ2v) is 5.49. The minimum absolute atomic E-state index is 0.236. The first-order valence-corrected chi connectivity index (χ1v) is 7.44. The molecule has 0 spiro atoms. The number of aliphatic imine (C=N–C) groups is 1. The Morgan fingerprint density at radius 2 is 1.83 bits per heavy atom. The maximum Gasteiger partial charge on any atom is 0.310 e. The number of rotatable bonds is 2. The second-order valence-electron chi connectivity index (χ2n) is 5.49. The van der Waals surface area contributed by atoms with Crippen LogP contribution in [0.25, 0.3) is 23.1 Å². The van der Waals surface area contributed by atoms with E-state index in [-0.39, 0.29) is 17.7 Å². The molecule has 5 heteroatoms. The van der Waals surface area contributed by atoms with Gasteiger partial charge in [-0.05, 0) is 43.3 Å². The Morgan fingerprint density at radius 1 is 1.08 bits per heavy atom. The number of hydrogen-bond acceptors (Lipinski definition) is 4. The third-order valence-electron chi connectivity index (χ3n) is 3.88. The Labute approximate surface area is 137 Å². The number of fused-ring (bicyclic) bond motifs is 1. The fraction of sp³-hybridized carbons (Fsp3) is 0.0526. The molecule has 0 atom stereocenters. The van der Waals surface area contributed by atoms with Crippen LogP contribution < -0.4 is 0 Å². The van der Waals surface area contributed by atoms with Gasteiger partial charge in [-0.1, -0.05) is 18.2 Å². The molecule has 0 saturated carbocycles. The Kier molecular flexibility index (Phi) is 3.27. The topological polar surface area (TPSA) is 58.6 Å². The fourth-order valence-electron chi connectivity index (χ4n) is 2.69. The maximum absolute atomic E-state index is 13.0. The summed E-state index contributed by atoms with van der Waals surface area (Å²) in [6.45, 7) is 1.91. The molecule has 24 heavy (non-hydrogen) atoms. The van der Waals surface area contributed by atoms with Crippen LogP contribution in [0.3, 0.4) is 0 Å². The van der Waals surface area contributed by atoms with Crippen molar-refractivity contribution < 1.29 is 13.9 Å². The van der Waals surface area contributed by atoms with E-state index in [1.807, 2.05) is 31.2 Å². The highest BCUT2D eigenvalue weighted by Gasteiger charge is 2.19. The second kappa shape index (κ2) is 5.45. The Hall–Kier alpha value is -3.21. The molecule has 0 unspecified atom stereocenters. The summed E-state index contributed by atoms with van der Waals surface area (Å²) in [5.41, 5.74) is 4.52. The minimum atomic E-state index is -0.341. The molecule has 0 fully saturated rings. The fourth-order valence-corrected chi connectivity index (χ4v) is 2.69. The number of allylic oxidation sites excluding steroid dienone is 1. The molecule has 0 aliphatic carbocycles. The van der Waals surface area contributed by atoms with Crippen LogP contribution in [0.2, 0.25) is 0 Å². The van der Waals surface area contributed by atoms with Gasteiger partial charge in [0.25, 0.3) is 0 Å². The lowest BCUT2D eigenvalue weighted by Crippen LogP contribution is -1.90. The first-order chi connectivity index (χ1) is 11.6. The Morgan fingerprint density at radius 3 is 2.62 bits per heavy atom. The van der Waals surface area contributed by atoms with Gasteiger partial charge in [-0.3, -0.25) is 4.99 Å². The zero-order valence-corrected chi connectivity index (χ0v) is 12.8. The van der Waals surface area contributed by atoms with E-state index < -0.39 is 0 Å². The first kappa shape index (κ1) is 14.4. The molecule has 0 radical (unpaired) electrons. The Bertz CT molecular complexity index is 985. The van der Waals surface area contributed by atoms with Crippen LogP contribution >= 0.6 is 0 Å². The average molecular weight is 320 g/mol. The number of para-hydroxylation sites is 1. The van der Waals surface area contributed by atoms with Gasteiger partial charge >= 0.3 is 5.95 Å². The van der Waals surface area contributed by atoms with Crippen molar-refractivity contribution in [2.45, 2.75) is 6.92 Å². The van der Waals surface area contributed by atoms with Crippen molar-refractivity contribution >= 4 is 23.0 Å². The molecule has 0 amide bonds. The third-order valence-corrected chi connectivity index (χ3v) is 3.88. The van der Waals surface area contributed by atoms with E-state index in [1.165, 1.54) is 12.1 Å². The lowest BCUT2D eigenvalue weighted by atomic mass is 10.0. The van der Waals surface area contributed by atoms with Crippen LogP contribution in [0, 0.1) is 5.82 Å².